The van der Waals surface area contributed by atoms with E-state index >= 15 is 0 Å². The second-order valence-corrected chi connectivity index (χ2v) is 4.00. The van der Waals surface area contributed by atoms with Crippen molar-refractivity contribution in [3.05, 3.63) is 36.4 Å². The lowest BCUT2D eigenvalue weighted by Crippen LogP contribution is -1.97. The second-order valence-electron chi connectivity index (χ2n) is 4.00. The van der Waals surface area contributed by atoms with E-state index in [0.29, 0.717) is 0 Å². The molecule has 1 N–H and O–H groups in total. The molecule has 0 atom stereocenters. The van der Waals surface area contributed by atoms with Crippen molar-refractivity contribution in [2.24, 2.45) is 0 Å². The van der Waals surface area contributed by atoms with Gasteiger partial charge in [0.25, 0.3) is 0 Å². The zero-order valence-corrected chi connectivity index (χ0v) is 10.9. The maximum absolute atomic E-state index is 5.69. The molecule has 2 heteroatoms. The van der Waals surface area contributed by atoms with E-state index in [-0.39, 0.29) is 0 Å². The van der Waals surface area contributed by atoms with Crippen LogP contribution in [0.4, 0.5) is 5.69 Å². The Morgan fingerprint density at radius 2 is 2.12 bits per heavy atom. The van der Waals surface area contributed by atoms with E-state index in [1.165, 1.54) is 6.42 Å². The SMILES string of the molecule is CC/C=C/CCCCOc1cccc(NC)c1. The normalized spacial score (nSPS) is 10.7. The van der Waals surface area contributed by atoms with Crippen molar-refractivity contribution in [1.29, 1.82) is 0 Å². The molecule has 0 heterocycles. The Bertz CT molecular complexity index is 333. The number of nitrogens with one attached hydrogen (secondary N) is 1. The van der Waals surface area contributed by atoms with Crippen LogP contribution in [0.3, 0.4) is 0 Å². The van der Waals surface area contributed by atoms with Crippen LogP contribution < -0.4 is 10.1 Å². The van der Waals surface area contributed by atoms with E-state index in [2.05, 4.69) is 24.4 Å². The summed E-state index contributed by atoms with van der Waals surface area (Å²) in [5.41, 5.74) is 1.09. The van der Waals surface area contributed by atoms with Crippen LogP contribution in [-0.2, 0) is 0 Å². The van der Waals surface area contributed by atoms with E-state index in [9.17, 15) is 0 Å². The topological polar surface area (TPSA) is 21.3 Å². The summed E-state index contributed by atoms with van der Waals surface area (Å²) >= 11 is 0. The molecule has 0 bridgehead atoms. The predicted molar refractivity (Wildman–Crippen MR) is 74.8 cm³/mol. The highest BCUT2D eigenvalue weighted by Crippen LogP contribution is 2.17. The molecular weight excluding hydrogens is 210 g/mol. The number of allylic oxidation sites excluding steroid dienone is 2. The lowest BCUT2D eigenvalue weighted by Gasteiger charge is -2.07. The molecule has 0 saturated carbocycles. The fraction of sp³-hybridized carbons (Fsp3) is 0.467. The van der Waals surface area contributed by atoms with Crippen molar-refractivity contribution in [1.82, 2.24) is 0 Å². The monoisotopic (exact) mass is 233 g/mol. The Labute approximate surface area is 105 Å². The van der Waals surface area contributed by atoms with E-state index in [1.54, 1.807) is 0 Å². The highest BCUT2D eigenvalue weighted by atomic mass is 16.5. The first-order chi connectivity index (χ1) is 8.36. The van der Waals surface area contributed by atoms with Gasteiger partial charge in [-0.15, -0.1) is 0 Å². The molecule has 17 heavy (non-hydrogen) atoms. The van der Waals surface area contributed by atoms with Gasteiger partial charge in [-0.05, 0) is 37.8 Å². The molecule has 2 nitrogen and oxygen atoms in total. The van der Waals surface area contributed by atoms with Gasteiger partial charge in [-0.25, -0.2) is 0 Å². The van der Waals surface area contributed by atoms with Crippen molar-refractivity contribution in [2.45, 2.75) is 32.6 Å². The number of benzene rings is 1. The van der Waals surface area contributed by atoms with E-state index in [1.807, 2.05) is 31.3 Å². The minimum atomic E-state index is 0.799. The van der Waals surface area contributed by atoms with Crippen molar-refractivity contribution < 1.29 is 4.74 Å². The lowest BCUT2D eigenvalue weighted by atomic mass is 10.2. The van der Waals surface area contributed by atoms with Crippen LogP contribution in [0.1, 0.15) is 32.6 Å². The third-order valence-electron chi connectivity index (χ3n) is 2.56. The standard InChI is InChI=1S/C15H23NO/c1-3-4-5-6-7-8-12-17-15-11-9-10-14(13-15)16-2/h4-5,9-11,13,16H,3,6-8,12H2,1-2H3/b5-4+. The highest BCUT2D eigenvalue weighted by molar-refractivity contribution is 5.47. The Hall–Kier alpha value is -1.44. The van der Waals surface area contributed by atoms with Gasteiger partial charge in [-0.3, -0.25) is 0 Å². The van der Waals surface area contributed by atoms with Gasteiger partial charge in [0.15, 0.2) is 0 Å². The molecule has 0 aliphatic rings. The Morgan fingerprint density at radius 3 is 2.88 bits per heavy atom. The molecule has 0 unspecified atom stereocenters. The zero-order chi connectivity index (χ0) is 12.3. The minimum absolute atomic E-state index is 0.799. The first kappa shape index (κ1) is 13.6. The number of hydrogen-bond acceptors (Lipinski definition) is 2. The average Bonchev–Trinajstić information content (AvgIpc) is 2.38. The van der Waals surface area contributed by atoms with E-state index in [4.69, 9.17) is 4.74 Å². The molecule has 1 rings (SSSR count). The molecule has 0 amide bonds. The number of ether oxygens (including phenoxy) is 1. The molecule has 0 spiro atoms. The summed E-state index contributed by atoms with van der Waals surface area (Å²) in [6, 6.07) is 8.06. The average molecular weight is 233 g/mol. The van der Waals surface area contributed by atoms with Crippen molar-refractivity contribution in [3.8, 4) is 5.75 Å². The van der Waals surface area contributed by atoms with Crippen LogP contribution in [0.25, 0.3) is 0 Å². The first-order valence-electron chi connectivity index (χ1n) is 6.42. The van der Waals surface area contributed by atoms with Crippen LogP contribution in [0.2, 0.25) is 0 Å². The maximum atomic E-state index is 5.69. The summed E-state index contributed by atoms with van der Waals surface area (Å²) in [6.07, 6.45) is 9.07. The molecule has 0 aliphatic carbocycles. The third kappa shape index (κ3) is 6.00. The summed E-state index contributed by atoms with van der Waals surface area (Å²) in [5, 5.41) is 3.10. The molecule has 0 fully saturated rings. The molecule has 0 aromatic heterocycles. The van der Waals surface area contributed by atoms with Crippen molar-refractivity contribution >= 4 is 5.69 Å². The first-order valence-corrected chi connectivity index (χ1v) is 6.42. The Kier molecular flexibility index (Phi) is 6.96. The number of anilines is 1. The van der Waals surface area contributed by atoms with E-state index in [0.717, 1.165) is 37.3 Å². The van der Waals surface area contributed by atoms with Gasteiger partial charge in [0.1, 0.15) is 5.75 Å². The van der Waals surface area contributed by atoms with Crippen LogP contribution in [0.15, 0.2) is 36.4 Å². The smallest absolute Gasteiger partial charge is 0.121 e. The lowest BCUT2D eigenvalue weighted by molar-refractivity contribution is 0.307. The van der Waals surface area contributed by atoms with Gasteiger partial charge in [0, 0.05) is 18.8 Å². The van der Waals surface area contributed by atoms with Crippen molar-refractivity contribution in [2.75, 3.05) is 19.0 Å². The summed E-state index contributed by atoms with van der Waals surface area (Å²) in [5.74, 6) is 0.945. The van der Waals surface area contributed by atoms with Crippen LogP contribution in [0.5, 0.6) is 5.75 Å². The summed E-state index contributed by atoms with van der Waals surface area (Å²) in [7, 11) is 1.92. The molecule has 0 radical (unpaired) electrons. The van der Waals surface area contributed by atoms with Gasteiger partial charge in [0.05, 0.1) is 6.61 Å². The summed E-state index contributed by atoms with van der Waals surface area (Å²) in [6.45, 7) is 2.96. The molecular formula is C15H23NO. The van der Waals surface area contributed by atoms with Gasteiger partial charge in [0.2, 0.25) is 0 Å². The van der Waals surface area contributed by atoms with Gasteiger partial charge < -0.3 is 10.1 Å². The van der Waals surface area contributed by atoms with Gasteiger partial charge >= 0.3 is 0 Å². The fourth-order valence-electron chi connectivity index (χ4n) is 1.58. The van der Waals surface area contributed by atoms with E-state index < -0.39 is 0 Å². The largest absolute Gasteiger partial charge is 0.494 e. The molecule has 0 aliphatic heterocycles. The van der Waals surface area contributed by atoms with Gasteiger partial charge in [-0.2, -0.15) is 0 Å². The Morgan fingerprint density at radius 1 is 1.24 bits per heavy atom. The van der Waals surface area contributed by atoms with Gasteiger partial charge in [-0.1, -0.05) is 25.1 Å². The number of unbranched alkanes of at least 4 members (excludes halogenated alkanes) is 2. The molecule has 1 aromatic rings. The number of rotatable bonds is 8. The van der Waals surface area contributed by atoms with Crippen LogP contribution in [-0.4, -0.2) is 13.7 Å². The molecule has 0 saturated heterocycles. The maximum Gasteiger partial charge on any atom is 0.121 e. The quantitative estimate of drug-likeness (QED) is 0.535. The Balaban J connectivity index is 2.15. The molecule has 1 aromatic carbocycles. The predicted octanol–water partition coefficient (Wildman–Crippen LogP) is 4.24. The third-order valence-corrected chi connectivity index (χ3v) is 2.56. The second kappa shape index (κ2) is 8.68. The minimum Gasteiger partial charge on any atom is -0.494 e. The summed E-state index contributed by atoms with van der Waals surface area (Å²) < 4.78 is 5.69. The zero-order valence-electron chi connectivity index (χ0n) is 10.9. The van der Waals surface area contributed by atoms with Crippen LogP contribution >= 0.6 is 0 Å². The van der Waals surface area contributed by atoms with Crippen molar-refractivity contribution in [3.63, 3.8) is 0 Å². The summed E-state index contributed by atoms with van der Waals surface area (Å²) in [4.78, 5) is 0. The molecule has 94 valence electrons. The fourth-order valence-corrected chi connectivity index (χ4v) is 1.58. The number of hydrogen-bond donors (Lipinski definition) is 1. The van der Waals surface area contributed by atoms with Crippen LogP contribution in [0, 0.1) is 0 Å². The highest BCUT2D eigenvalue weighted by Gasteiger charge is 1.94.